The highest BCUT2D eigenvalue weighted by atomic mass is 32.1. The quantitative estimate of drug-likeness (QED) is 0.658. The lowest BCUT2D eigenvalue weighted by atomic mass is 10.1. The minimum Gasteiger partial charge on any atom is -0.346 e. The third kappa shape index (κ3) is 1.36. The highest BCUT2D eigenvalue weighted by Gasteiger charge is 2.06. The summed E-state index contributed by atoms with van der Waals surface area (Å²) in [6, 6.07) is 6.36. The van der Waals surface area contributed by atoms with Crippen LogP contribution in [-0.4, -0.2) is 9.97 Å². The van der Waals surface area contributed by atoms with Crippen LogP contribution in [0.4, 0.5) is 0 Å². The average Bonchev–Trinajstić information content (AvgIpc) is 2.84. The SMILES string of the molecule is Cc1csc(-c2ccnc3[nH]ccc23)c1. The van der Waals surface area contributed by atoms with Gasteiger partial charge in [0.05, 0.1) is 0 Å². The van der Waals surface area contributed by atoms with Crippen molar-refractivity contribution in [2.45, 2.75) is 6.92 Å². The van der Waals surface area contributed by atoms with Crippen molar-refractivity contribution >= 4 is 22.4 Å². The Kier molecular flexibility index (Phi) is 1.86. The van der Waals surface area contributed by atoms with E-state index in [9.17, 15) is 0 Å². The van der Waals surface area contributed by atoms with E-state index in [0.29, 0.717) is 0 Å². The molecule has 0 fully saturated rings. The second-order valence-corrected chi connectivity index (χ2v) is 4.50. The van der Waals surface area contributed by atoms with Gasteiger partial charge in [0.2, 0.25) is 0 Å². The zero-order valence-corrected chi connectivity index (χ0v) is 9.14. The number of fused-ring (bicyclic) bond motifs is 1. The molecule has 0 aliphatic rings. The summed E-state index contributed by atoms with van der Waals surface area (Å²) in [4.78, 5) is 8.72. The fourth-order valence-corrected chi connectivity index (χ4v) is 2.69. The standard InChI is InChI=1S/C12H10N2S/c1-8-6-11(15-7-8)9-2-4-13-12-10(9)3-5-14-12/h2-7H,1H3,(H,13,14). The number of pyridine rings is 1. The Bertz CT molecular complexity index is 607. The topological polar surface area (TPSA) is 28.7 Å². The molecule has 0 radical (unpaired) electrons. The molecule has 0 amide bonds. The number of nitrogens with zero attached hydrogens (tertiary/aromatic N) is 1. The first-order chi connectivity index (χ1) is 7.34. The van der Waals surface area contributed by atoms with Gasteiger partial charge in [0, 0.05) is 28.2 Å². The van der Waals surface area contributed by atoms with Crippen LogP contribution in [0, 0.1) is 6.92 Å². The number of thiophene rings is 1. The molecule has 0 unspecified atom stereocenters. The smallest absolute Gasteiger partial charge is 0.137 e. The number of rotatable bonds is 1. The third-order valence-electron chi connectivity index (χ3n) is 2.46. The summed E-state index contributed by atoms with van der Waals surface area (Å²) in [5.74, 6) is 0. The van der Waals surface area contributed by atoms with Crippen LogP contribution in [0.3, 0.4) is 0 Å². The summed E-state index contributed by atoms with van der Waals surface area (Å²) in [5, 5.41) is 3.37. The Hall–Kier alpha value is -1.61. The molecule has 0 aliphatic heterocycles. The van der Waals surface area contributed by atoms with Crippen molar-refractivity contribution in [1.29, 1.82) is 0 Å². The molecule has 0 saturated carbocycles. The van der Waals surface area contributed by atoms with Gasteiger partial charge in [0.1, 0.15) is 5.65 Å². The molecule has 2 nitrogen and oxygen atoms in total. The van der Waals surface area contributed by atoms with Crippen LogP contribution in [0.25, 0.3) is 21.5 Å². The molecule has 3 heterocycles. The maximum atomic E-state index is 4.28. The maximum Gasteiger partial charge on any atom is 0.137 e. The number of aromatic amines is 1. The molecular weight excluding hydrogens is 204 g/mol. The van der Waals surface area contributed by atoms with E-state index in [0.717, 1.165) is 5.65 Å². The van der Waals surface area contributed by atoms with E-state index >= 15 is 0 Å². The van der Waals surface area contributed by atoms with Crippen LogP contribution in [0.5, 0.6) is 0 Å². The second-order valence-electron chi connectivity index (χ2n) is 3.59. The largest absolute Gasteiger partial charge is 0.346 e. The predicted octanol–water partition coefficient (Wildman–Crippen LogP) is 3.60. The van der Waals surface area contributed by atoms with Gasteiger partial charge in [-0.1, -0.05) is 0 Å². The van der Waals surface area contributed by atoms with E-state index in [4.69, 9.17) is 0 Å². The summed E-state index contributed by atoms with van der Waals surface area (Å²) in [6.07, 6.45) is 3.78. The minimum absolute atomic E-state index is 0.957. The number of hydrogen-bond acceptors (Lipinski definition) is 2. The lowest BCUT2D eigenvalue weighted by molar-refractivity contribution is 1.33. The van der Waals surface area contributed by atoms with Crippen molar-refractivity contribution in [3.8, 4) is 10.4 Å². The summed E-state index contributed by atoms with van der Waals surface area (Å²) in [5.41, 5.74) is 3.54. The molecule has 3 rings (SSSR count). The summed E-state index contributed by atoms with van der Waals surface area (Å²) < 4.78 is 0. The van der Waals surface area contributed by atoms with Crippen LogP contribution < -0.4 is 0 Å². The molecule has 0 aliphatic carbocycles. The zero-order valence-electron chi connectivity index (χ0n) is 8.32. The van der Waals surface area contributed by atoms with Crippen molar-refractivity contribution in [2.75, 3.05) is 0 Å². The summed E-state index contributed by atoms with van der Waals surface area (Å²) in [7, 11) is 0. The van der Waals surface area contributed by atoms with Gasteiger partial charge in [-0.05, 0) is 36.1 Å². The van der Waals surface area contributed by atoms with E-state index in [1.54, 1.807) is 11.3 Å². The second kappa shape index (κ2) is 3.21. The fourth-order valence-electron chi connectivity index (χ4n) is 1.75. The first kappa shape index (κ1) is 8.68. The summed E-state index contributed by atoms with van der Waals surface area (Å²) >= 11 is 1.78. The van der Waals surface area contributed by atoms with Crippen LogP contribution in [-0.2, 0) is 0 Å². The predicted molar refractivity (Wildman–Crippen MR) is 64.1 cm³/mol. The van der Waals surface area contributed by atoms with Gasteiger partial charge in [-0.15, -0.1) is 11.3 Å². The molecule has 15 heavy (non-hydrogen) atoms. The Labute approximate surface area is 91.6 Å². The zero-order chi connectivity index (χ0) is 10.3. The number of nitrogens with one attached hydrogen (secondary N) is 1. The lowest BCUT2D eigenvalue weighted by Gasteiger charge is -1.98. The molecule has 0 saturated heterocycles. The number of aryl methyl sites for hydroxylation is 1. The molecular formula is C12H10N2S. The number of H-pyrrole nitrogens is 1. The molecule has 3 aromatic heterocycles. The Morgan fingerprint density at radius 1 is 1.33 bits per heavy atom. The van der Waals surface area contributed by atoms with Gasteiger partial charge < -0.3 is 4.98 Å². The molecule has 3 heteroatoms. The van der Waals surface area contributed by atoms with Gasteiger partial charge in [0.15, 0.2) is 0 Å². The van der Waals surface area contributed by atoms with Crippen LogP contribution in [0.2, 0.25) is 0 Å². The Morgan fingerprint density at radius 2 is 2.27 bits per heavy atom. The van der Waals surface area contributed by atoms with E-state index in [1.807, 2.05) is 12.4 Å². The van der Waals surface area contributed by atoms with Crippen molar-refractivity contribution in [2.24, 2.45) is 0 Å². The van der Waals surface area contributed by atoms with E-state index in [2.05, 4.69) is 40.5 Å². The molecule has 0 bridgehead atoms. The highest BCUT2D eigenvalue weighted by molar-refractivity contribution is 7.13. The first-order valence-electron chi connectivity index (χ1n) is 4.82. The van der Waals surface area contributed by atoms with Gasteiger partial charge >= 0.3 is 0 Å². The van der Waals surface area contributed by atoms with Gasteiger partial charge in [0.25, 0.3) is 0 Å². The van der Waals surface area contributed by atoms with Gasteiger partial charge in [-0.25, -0.2) is 4.98 Å². The van der Waals surface area contributed by atoms with E-state index in [1.165, 1.54) is 21.4 Å². The molecule has 0 atom stereocenters. The molecule has 74 valence electrons. The van der Waals surface area contributed by atoms with Crippen molar-refractivity contribution in [3.05, 3.63) is 41.5 Å². The number of hydrogen-bond donors (Lipinski definition) is 1. The van der Waals surface area contributed by atoms with Crippen molar-refractivity contribution < 1.29 is 0 Å². The monoisotopic (exact) mass is 214 g/mol. The molecule has 1 N–H and O–H groups in total. The average molecular weight is 214 g/mol. The van der Waals surface area contributed by atoms with E-state index in [-0.39, 0.29) is 0 Å². The molecule has 3 aromatic rings. The minimum atomic E-state index is 0.957. The Morgan fingerprint density at radius 3 is 3.07 bits per heavy atom. The first-order valence-corrected chi connectivity index (χ1v) is 5.70. The highest BCUT2D eigenvalue weighted by Crippen LogP contribution is 2.31. The van der Waals surface area contributed by atoms with Crippen LogP contribution in [0.15, 0.2) is 36.0 Å². The number of aromatic nitrogens is 2. The van der Waals surface area contributed by atoms with Crippen LogP contribution >= 0.6 is 11.3 Å². The van der Waals surface area contributed by atoms with Crippen LogP contribution in [0.1, 0.15) is 5.56 Å². The van der Waals surface area contributed by atoms with Crippen molar-refractivity contribution in [3.63, 3.8) is 0 Å². The van der Waals surface area contributed by atoms with Gasteiger partial charge in [-0.2, -0.15) is 0 Å². The molecule has 0 aromatic carbocycles. The molecule has 0 spiro atoms. The van der Waals surface area contributed by atoms with Gasteiger partial charge in [-0.3, -0.25) is 0 Å². The Balaban J connectivity index is 2.30. The fraction of sp³-hybridized carbons (Fsp3) is 0.0833. The normalized spacial score (nSPS) is 11.0. The van der Waals surface area contributed by atoms with E-state index < -0.39 is 0 Å². The maximum absolute atomic E-state index is 4.28. The van der Waals surface area contributed by atoms with Crippen molar-refractivity contribution in [1.82, 2.24) is 9.97 Å². The third-order valence-corrected chi connectivity index (χ3v) is 3.54. The summed E-state index contributed by atoms with van der Waals surface area (Å²) in [6.45, 7) is 2.12. The lowest BCUT2D eigenvalue weighted by Crippen LogP contribution is -1.78.